The summed E-state index contributed by atoms with van der Waals surface area (Å²) in [6.07, 6.45) is 6.72. The number of nitrogens with one attached hydrogen (secondary N) is 1. The number of nitrogens with zero attached hydrogens (tertiary/aromatic N) is 1. The van der Waals surface area contributed by atoms with E-state index in [1.54, 1.807) is 0 Å². The third-order valence-electron chi connectivity index (χ3n) is 4.55. The number of rotatable bonds is 6. The molecule has 1 saturated carbocycles. The molecular formula is C17H26N2. The second-order valence-corrected chi connectivity index (χ2v) is 6.26. The molecule has 1 aliphatic carbocycles. The van der Waals surface area contributed by atoms with Gasteiger partial charge in [0.25, 0.3) is 0 Å². The Kier molecular flexibility index (Phi) is 4.19. The van der Waals surface area contributed by atoms with Crippen LogP contribution >= 0.6 is 0 Å². The Bertz CT molecular complexity index is 380. The molecule has 2 fully saturated rings. The molecule has 1 aromatic carbocycles. The Morgan fingerprint density at radius 3 is 2.63 bits per heavy atom. The van der Waals surface area contributed by atoms with Crippen molar-refractivity contribution in [1.82, 2.24) is 10.2 Å². The SMILES string of the molecule is CC(Cc1ccccc1)N(CC1CCCN1)C1CC1. The normalized spacial score (nSPS) is 24.8. The van der Waals surface area contributed by atoms with Gasteiger partial charge in [-0.15, -0.1) is 0 Å². The van der Waals surface area contributed by atoms with Gasteiger partial charge >= 0.3 is 0 Å². The van der Waals surface area contributed by atoms with E-state index in [1.165, 1.54) is 50.8 Å². The van der Waals surface area contributed by atoms with E-state index in [4.69, 9.17) is 0 Å². The van der Waals surface area contributed by atoms with Crippen molar-refractivity contribution in [1.29, 1.82) is 0 Å². The van der Waals surface area contributed by atoms with Gasteiger partial charge in [0.1, 0.15) is 0 Å². The second-order valence-electron chi connectivity index (χ2n) is 6.26. The van der Waals surface area contributed by atoms with Crippen LogP contribution in [0.15, 0.2) is 30.3 Å². The van der Waals surface area contributed by atoms with E-state index < -0.39 is 0 Å². The van der Waals surface area contributed by atoms with Crippen molar-refractivity contribution < 1.29 is 0 Å². The van der Waals surface area contributed by atoms with Crippen LogP contribution in [0.1, 0.15) is 38.2 Å². The summed E-state index contributed by atoms with van der Waals surface area (Å²) in [5, 5.41) is 3.65. The van der Waals surface area contributed by atoms with Gasteiger partial charge in [-0.1, -0.05) is 30.3 Å². The molecule has 0 spiro atoms. The molecule has 2 atom stereocenters. The average molecular weight is 258 g/mol. The van der Waals surface area contributed by atoms with Crippen molar-refractivity contribution in [3.8, 4) is 0 Å². The van der Waals surface area contributed by atoms with Gasteiger partial charge in [0.05, 0.1) is 0 Å². The maximum atomic E-state index is 3.65. The predicted molar refractivity (Wildman–Crippen MR) is 80.4 cm³/mol. The molecule has 3 rings (SSSR count). The zero-order chi connectivity index (χ0) is 13.1. The van der Waals surface area contributed by atoms with Crippen molar-refractivity contribution in [2.24, 2.45) is 0 Å². The lowest BCUT2D eigenvalue weighted by molar-refractivity contribution is 0.180. The molecule has 2 heteroatoms. The molecule has 104 valence electrons. The van der Waals surface area contributed by atoms with Crippen LogP contribution < -0.4 is 5.32 Å². The van der Waals surface area contributed by atoms with Crippen LogP contribution in [0.2, 0.25) is 0 Å². The topological polar surface area (TPSA) is 15.3 Å². The van der Waals surface area contributed by atoms with Gasteiger partial charge in [-0.25, -0.2) is 0 Å². The fourth-order valence-electron chi connectivity index (χ4n) is 3.33. The Morgan fingerprint density at radius 1 is 1.21 bits per heavy atom. The molecule has 1 aliphatic heterocycles. The third-order valence-corrected chi connectivity index (χ3v) is 4.55. The number of hydrogen-bond acceptors (Lipinski definition) is 2. The molecule has 1 aromatic rings. The first-order chi connectivity index (χ1) is 9.33. The van der Waals surface area contributed by atoms with E-state index in [0.717, 1.165) is 12.1 Å². The minimum atomic E-state index is 0.664. The summed E-state index contributed by atoms with van der Waals surface area (Å²) in [5.74, 6) is 0. The van der Waals surface area contributed by atoms with Gasteiger partial charge in [0, 0.05) is 24.7 Å². The number of benzene rings is 1. The smallest absolute Gasteiger partial charge is 0.0195 e. The summed E-state index contributed by atoms with van der Waals surface area (Å²) in [6, 6.07) is 13.2. The van der Waals surface area contributed by atoms with E-state index in [-0.39, 0.29) is 0 Å². The highest BCUT2D eigenvalue weighted by Gasteiger charge is 2.33. The zero-order valence-corrected chi connectivity index (χ0v) is 12.0. The van der Waals surface area contributed by atoms with E-state index in [2.05, 4.69) is 47.5 Å². The highest BCUT2D eigenvalue weighted by atomic mass is 15.2. The van der Waals surface area contributed by atoms with Crippen LogP contribution in [-0.4, -0.2) is 36.1 Å². The largest absolute Gasteiger partial charge is 0.313 e. The molecule has 19 heavy (non-hydrogen) atoms. The highest BCUT2D eigenvalue weighted by molar-refractivity contribution is 5.16. The molecule has 2 aliphatic rings. The van der Waals surface area contributed by atoms with Crippen LogP contribution in [0.25, 0.3) is 0 Å². The molecule has 2 nitrogen and oxygen atoms in total. The third kappa shape index (κ3) is 3.58. The Morgan fingerprint density at radius 2 is 2.00 bits per heavy atom. The Labute approximate surface area is 117 Å². The first-order valence-corrected chi connectivity index (χ1v) is 7.86. The van der Waals surface area contributed by atoms with Crippen molar-refractivity contribution in [2.75, 3.05) is 13.1 Å². The summed E-state index contributed by atoms with van der Waals surface area (Å²) >= 11 is 0. The predicted octanol–water partition coefficient (Wildman–Crippen LogP) is 2.83. The maximum Gasteiger partial charge on any atom is 0.0195 e. The lowest BCUT2D eigenvalue weighted by atomic mass is 10.0. The summed E-state index contributed by atoms with van der Waals surface area (Å²) in [7, 11) is 0. The van der Waals surface area contributed by atoms with Crippen LogP contribution in [0.3, 0.4) is 0 Å². The van der Waals surface area contributed by atoms with Crippen molar-refractivity contribution in [3.63, 3.8) is 0 Å². The molecule has 2 unspecified atom stereocenters. The van der Waals surface area contributed by atoms with Gasteiger partial charge in [-0.2, -0.15) is 0 Å². The first kappa shape index (κ1) is 13.1. The highest BCUT2D eigenvalue weighted by Crippen LogP contribution is 2.30. The monoisotopic (exact) mass is 258 g/mol. The quantitative estimate of drug-likeness (QED) is 0.844. The summed E-state index contributed by atoms with van der Waals surface area (Å²) in [4.78, 5) is 2.76. The molecule has 1 N–H and O–H groups in total. The molecule has 0 aromatic heterocycles. The molecule has 1 heterocycles. The second kappa shape index (κ2) is 6.06. The van der Waals surface area contributed by atoms with Crippen molar-refractivity contribution >= 4 is 0 Å². The first-order valence-electron chi connectivity index (χ1n) is 7.86. The molecule has 0 amide bonds. The average Bonchev–Trinajstić information content (AvgIpc) is 3.14. The molecule has 0 bridgehead atoms. The fraction of sp³-hybridized carbons (Fsp3) is 0.647. The van der Waals surface area contributed by atoms with Crippen molar-refractivity contribution in [2.45, 2.75) is 57.2 Å². The lowest BCUT2D eigenvalue weighted by Crippen LogP contribution is -2.44. The van der Waals surface area contributed by atoms with E-state index in [1.807, 2.05) is 0 Å². The lowest BCUT2D eigenvalue weighted by Gasteiger charge is -2.31. The van der Waals surface area contributed by atoms with Gasteiger partial charge in [0.2, 0.25) is 0 Å². The van der Waals surface area contributed by atoms with Gasteiger partial charge in [-0.3, -0.25) is 4.90 Å². The van der Waals surface area contributed by atoms with E-state index in [0.29, 0.717) is 6.04 Å². The van der Waals surface area contributed by atoms with Gasteiger partial charge < -0.3 is 5.32 Å². The van der Waals surface area contributed by atoms with Crippen molar-refractivity contribution in [3.05, 3.63) is 35.9 Å². The van der Waals surface area contributed by atoms with Gasteiger partial charge in [0.15, 0.2) is 0 Å². The van der Waals surface area contributed by atoms with Gasteiger partial charge in [-0.05, 0) is 51.1 Å². The molecule has 0 radical (unpaired) electrons. The van der Waals surface area contributed by atoms with Crippen LogP contribution in [0.5, 0.6) is 0 Å². The van der Waals surface area contributed by atoms with Crippen LogP contribution in [0, 0.1) is 0 Å². The summed E-state index contributed by atoms with van der Waals surface area (Å²) < 4.78 is 0. The molecular weight excluding hydrogens is 232 g/mol. The van der Waals surface area contributed by atoms with Crippen LogP contribution in [-0.2, 0) is 6.42 Å². The Balaban J connectivity index is 1.59. The minimum absolute atomic E-state index is 0.664. The van der Waals surface area contributed by atoms with E-state index >= 15 is 0 Å². The maximum absolute atomic E-state index is 3.65. The number of hydrogen-bond donors (Lipinski definition) is 1. The van der Waals surface area contributed by atoms with E-state index in [9.17, 15) is 0 Å². The standard InChI is InChI=1S/C17H26N2/c1-14(12-15-6-3-2-4-7-15)19(17-9-10-17)13-16-8-5-11-18-16/h2-4,6-7,14,16-18H,5,8-13H2,1H3. The van der Waals surface area contributed by atoms with Crippen LogP contribution in [0.4, 0.5) is 0 Å². The minimum Gasteiger partial charge on any atom is -0.313 e. The zero-order valence-electron chi connectivity index (χ0n) is 12.0. The Hall–Kier alpha value is -0.860. The molecule has 1 saturated heterocycles. The fourth-order valence-corrected chi connectivity index (χ4v) is 3.33. The summed E-state index contributed by atoms with van der Waals surface area (Å²) in [6.45, 7) is 4.87. The summed E-state index contributed by atoms with van der Waals surface area (Å²) in [5.41, 5.74) is 1.47.